The summed E-state index contributed by atoms with van der Waals surface area (Å²) in [5.74, 6) is -0.668. The van der Waals surface area contributed by atoms with Crippen LogP contribution in [0, 0.1) is 11.6 Å². The number of aromatic nitrogens is 12. The van der Waals surface area contributed by atoms with Crippen molar-refractivity contribution in [3.05, 3.63) is 143 Å². The number of rotatable bonds is 14. The van der Waals surface area contributed by atoms with Gasteiger partial charge in [0.2, 0.25) is 0 Å². The minimum Gasteiger partial charge on any atom is -0.494 e. The lowest BCUT2D eigenvalue weighted by molar-refractivity contribution is 0.0937. The van der Waals surface area contributed by atoms with Gasteiger partial charge in [0.25, 0.3) is 11.8 Å². The van der Waals surface area contributed by atoms with Crippen molar-refractivity contribution in [3.63, 3.8) is 0 Å². The van der Waals surface area contributed by atoms with Crippen molar-refractivity contribution in [2.75, 3.05) is 14.2 Å². The van der Waals surface area contributed by atoms with Crippen LogP contribution in [0.15, 0.2) is 86.0 Å². The highest BCUT2D eigenvalue weighted by molar-refractivity contribution is 5.92. The van der Waals surface area contributed by atoms with Crippen LogP contribution in [-0.2, 0) is 26.2 Å². The maximum atomic E-state index is 14.2. The number of ether oxygens (including phenoxy) is 2. The molecule has 8 aromatic heterocycles. The fourth-order valence-corrected chi connectivity index (χ4v) is 6.89. The molecule has 0 radical (unpaired) electrons. The fraction of sp³-hybridized carbons (Fsp3) is 0.286. The first-order chi connectivity index (χ1) is 30.2. The zero-order valence-corrected chi connectivity index (χ0v) is 33.6. The zero-order valence-electron chi connectivity index (χ0n) is 33.6. The molecule has 2 aliphatic rings. The summed E-state index contributed by atoms with van der Waals surface area (Å²) < 4.78 is 45.3. The molecule has 0 aliphatic heterocycles. The van der Waals surface area contributed by atoms with E-state index in [1.807, 2.05) is 33.3 Å². The van der Waals surface area contributed by atoms with Crippen molar-refractivity contribution in [3.8, 4) is 11.5 Å². The van der Waals surface area contributed by atoms with Crippen LogP contribution in [0.2, 0.25) is 0 Å². The Morgan fingerprint density at radius 3 is 1.47 bits per heavy atom. The van der Waals surface area contributed by atoms with E-state index in [1.165, 1.54) is 87.9 Å². The third-order valence-electron chi connectivity index (χ3n) is 10.5. The molecule has 2 fully saturated rings. The van der Waals surface area contributed by atoms with E-state index >= 15 is 0 Å². The summed E-state index contributed by atoms with van der Waals surface area (Å²) in [6.45, 7) is 0.578. The van der Waals surface area contributed by atoms with Crippen LogP contribution >= 0.6 is 0 Å². The predicted octanol–water partition coefficient (Wildman–Crippen LogP) is 4.65. The molecule has 20 heteroatoms. The molecule has 8 aromatic rings. The molecule has 0 aromatic carbocycles. The molecule has 2 N–H and O–H groups in total. The Labute approximate surface area is 352 Å². The van der Waals surface area contributed by atoms with E-state index in [0.29, 0.717) is 24.9 Å². The van der Waals surface area contributed by atoms with Gasteiger partial charge in [-0.15, -0.1) is 10.2 Å². The summed E-state index contributed by atoms with van der Waals surface area (Å²) in [7, 11) is 2.74. The van der Waals surface area contributed by atoms with Crippen LogP contribution < -0.4 is 20.1 Å². The lowest BCUT2D eigenvalue weighted by atomic mass is 10.2. The lowest BCUT2D eigenvalue weighted by Gasteiger charge is -2.06. The van der Waals surface area contributed by atoms with Crippen molar-refractivity contribution in [1.82, 2.24) is 69.4 Å². The van der Waals surface area contributed by atoms with Gasteiger partial charge in [0.05, 0.1) is 75.6 Å². The van der Waals surface area contributed by atoms with E-state index in [2.05, 4.69) is 75.7 Å². The van der Waals surface area contributed by atoms with Gasteiger partial charge in [-0.2, -0.15) is 0 Å². The molecule has 316 valence electrons. The molecule has 0 bridgehead atoms. The average molecular weight is 843 g/mol. The summed E-state index contributed by atoms with van der Waals surface area (Å²) in [5, 5.41) is 21.0. The monoisotopic (exact) mass is 842 g/mol. The standard InChI is InChI=1S/2C21H20FN7O2/c2*1-31-18-6-7-23-16(20(18)22)8-24-21(30)17-12-29(27-26-17)11-15-10-28-9-14(13-2-3-13)4-5-19(28)25-15/h2*4-7,9-10,12-13H,2-3,8,11H2,1H3,(H,24,30). The van der Waals surface area contributed by atoms with E-state index in [-0.39, 0.29) is 47.4 Å². The topological polar surface area (TPSA) is 198 Å². The van der Waals surface area contributed by atoms with E-state index in [0.717, 1.165) is 22.7 Å². The minimum atomic E-state index is -0.606. The highest BCUT2D eigenvalue weighted by atomic mass is 19.1. The molecule has 10 rings (SSSR count). The number of carbonyl (C=O) groups excluding carboxylic acids is 2. The first-order valence-corrected chi connectivity index (χ1v) is 19.9. The third kappa shape index (κ3) is 8.93. The normalized spacial score (nSPS) is 13.5. The lowest BCUT2D eigenvalue weighted by Crippen LogP contribution is -2.24. The average Bonchev–Trinajstić information content (AvgIpc) is 4.12. The Bertz CT molecular complexity index is 2720. The maximum absolute atomic E-state index is 14.2. The minimum absolute atomic E-state index is 0.0712. The molecule has 0 atom stereocenters. The Hall–Kier alpha value is -7.64. The van der Waals surface area contributed by atoms with Crippen molar-refractivity contribution in [2.45, 2.75) is 63.7 Å². The van der Waals surface area contributed by atoms with Crippen LogP contribution in [0.1, 0.15) is 92.4 Å². The molecular weight excluding hydrogens is 803 g/mol. The molecule has 18 nitrogen and oxygen atoms in total. The van der Waals surface area contributed by atoms with Crippen molar-refractivity contribution < 1.29 is 27.8 Å². The maximum Gasteiger partial charge on any atom is 0.273 e. The number of hydrogen-bond donors (Lipinski definition) is 2. The zero-order chi connectivity index (χ0) is 42.7. The van der Waals surface area contributed by atoms with Crippen molar-refractivity contribution >= 4 is 23.1 Å². The first-order valence-electron chi connectivity index (χ1n) is 19.9. The van der Waals surface area contributed by atoms with E-state index < -0.39 is 23.4 Å². The van der Waals surface area contributed by atoms with Gasteiger partial charge in [0.1, 0.15) is 11.3 Å². The second kappa shape index (κ2) is 17.1. The highest BCUT2D eigenvalue weighted by Gasteiger charge is 2.25. The number of imidazole rings is 2. The summed E-state index contributed by atoms with van der Waals surface area (Å²) in [5.41, 5.74) is 6.43. The van der Waals surface area contributed by atoms with Crippen LogP contribution in [0.4, 0.5) is 8.78 Å². The van der Waals surface area contributed by atoms with Gasteiger partial charge in [-0.3, -0.25) is 19.6 Å². The Morgan fingerprint density at radius 1 is 0.629 bits per heavy atom. The first kappa shape index (κ1) is 39.8. The summed E-state index contributed by atoms with van der Waals surface area (Å²) in [6, 6.07) is 11.1. The molecule has 0 saturated heterocycles. The third-order valence-corrected chi connectivity index (χ3v) is 10.5. The van der Waals surface area contributed by atoms with Crippen molar-refractivity contribution in [1.29, 1.82) is 0 Å². The second-order valence-electron chi connectivity index (χ2n) is 15.0. The number of nitrogens with zero attached hydrogens (tertiary/aromatic N) is 12. The molecule has 2 saturated carbocycles. The van der Waals surface area contributed by atoms with E-state index in [9.17, 15) is 18.4 Å². The van der Waals surface area contributed by atoms with Gasteiger partial charge in [-0.1, -0.05) is 22.6 Å². The Morgan fingerprint density at radius 2 is 1.06 bits per heavy atom. The molecule has 2 aliphatic carbocycles. The second-order valence-corrected chi connectivity index (χ2v) is 15.0. The number of pyridine rings is 4. The number of nitrogens with one attached hydrogen (secondary N) is 2. The fourth-order valence-electron chi connectivity index (χ4n) is 6.89. The Balaban J connectivity index is 0.000000158. The van der Waals surface area contributed by atoms with E-state index in [4.69, 9.17) is 9.47 Å². The van der Waals surface area contributed by atoms with Crippen LogP contribution in [0.25, 0.3) is 11.3 Å². The SMILES string of the molecule is COc1ccnc(CNC(=O)c2cn(Cc3cn4cc(C5CC5)ccc4n3)nn2)c1F.COc1ccnc(CNC(=O)c2cn(Cc3cn4cc(C5CC5)ccc4n3)nn2)c1F. The van der Waals surface area contributed by atoms with Gasteiger partial charge < -0.3 is 28.9 Å². The van der Waals surface area contributed by atoms with Crippen LogP contribution in [0.5, 0.6) is 11.5 Å². The highest BCUT2D eigenvalue weighted by Crippen LogP contribution is 2.40. The van der Waals surface area contributed by atoms with Gasteiger partial charge in [0, 0.05) is 49.3 Å². The van der Waals surface area contributed by atoms with Gasteiger partial charge in [-0.05, 0) is 60.8 Å². The molecular formula is C42H40F2N14O4. The van der Waals surface area contributed by atoms with Gasteiger partial charge in [0.15, 0.2) is 34.5 Å². The Kier molecular flexibility index (Phi) is 11.0. The summed E-state index contributed by atoms with van der Waals surface area (Å²) in [6.07, 6.45) is 19.0. The van der Waals surface area contributed by atoms with Crippen molar-refractivity contribution in [2.24, 2.45) is 0 Å². The van der Waals surface area contributed by atoms with Crippen LogP contribution in [0.3, 0.4) is 0 Å². The summed E-state index contributed by atoms with van der Waals surface area (Å²) >= 11 is 0. The van der Waals surface area contributed by atoms with Gasteiger partial charge in [-0.25, -0.2) is 28.1 Å². The quantitative estimate of drug-likeness (QED) is 0.154. The number of hydrogen-bond acceptors (Lipinski definition) is 12. The number of carbonyl (C=O) groups is 2. The molecule has 0 spiro atoms. The largest absolute Gasteiger partial charge is 0.494 e. The molecule has 62 heavy (non-hydrogen) atoms. The molecule has 0 unspecified atom stereocenters. The number of halogens is 2. The number of fused-ring (bicyclic) bond motifs is 2. The number of amides is 2. The smallest absolute Gasteiger partial charge is 0.273 e. The number of methoxy groups -OCH3 is 2. The van der Waals surface area contributed by atoms with E-state index in [1.54, 1.807) is 9.36 Å². The summed E-state index contributed by atoms with van der Waals surface area (Å²) in [4.78, 5) is 41.8. The predicted molar refractivity (Wildman–Crippen MR) is 216 cm³/mol. The van der Waals surface area contributed by atoms with Crippen LogP contribution in [-0.4, -0.2) is 84.8 Å². The molecule has 8 heterocycles. The van der Waals surface area contributed by atoms with Gasteiger partial charge >= 0.3 is 0 Å². The molecule has 2 amide bonds.